The first kappa shape index (κ1) is 16.1. The summed E-state index contributed by atoms with van der Waals surface area (Å²) in [6.45, 7) is 4.30. The zero-order valence-corrected chi connectivity index (χ0v) is 13.9. The maximum atomic E-state index is 12.5. The lowest BCUT2D eigenvalue weighted by Gasteiger charge is -2.14. The summed E-state index contributed by atoms with van der Waals surface area (Å²) in [7, 11) is -1.69. The van der Waals surface area contributed by atoms with Crippen molar-refractivity contribution in [2.75, 3.05) is 7.05 Å². The monoisotopic (exact) mass is 325 g/mol. The molecule has 0 fully saturated rings. The molecule has 7 heteroatoms. The van der Waals surface area contributed by atoms with E-state index in [1.165, 1.54) is 11.3 Å². The molecule has 0 aromatic carbocycles. The highest BCUT2D eigenvalue weighted by molar-refractivity contribution is 7.89. The van der Waals surface area contributed by atoms with E-state index in [9.17, 15) is 8.42 Å². The number of hydrogen-bond acceptors (Lipinski definition) is 5. The Morgan fingerprint density at radius 3 is 2.81 bits per heavy atom. The molecule has 1 unspecified atom stereocenters. The molecule has 0 radical (unpaired) electrons. The molecule has 0 saturated carbocycles. The topological polar surface area (TPSA) is 71.1 Å². The van der Waals surface area contributed by atoms with Crippen molar-refractivity contribution in [3.05, 3.63) is 45.9 Å². The van der Waals surface area contributed by atoms with Gasteiger partial charge >= 0.3 is 0 Å². The van der Waals surface area contributed by atoms with Crippen molar-refractivity contribution >= 4 is 21.4 Å². The van der Waals surface area contributed by atoms with Gasteiger partial charge in [-0.25, -0.2) is 13.1 Å². The van der Waals surface area contributed by atoms with Crippen LogP contribution < -0.4 is 10.0 Å². The maximum Gasteiger partial charge on any atom is 0.242 e. The average Bonchev–Trinajstić information content (AvgIpc) is 2.81. The molecule has 0 amide bonds. The van der Waals surface area contributed by atoms with Crippen LogP contribution in [0.3, 0.4) is 0 Å². The van der Waals surface area contributed by atoms with Crippen LogP contribution in [0.4, 0.5) is 0 Å². The number of rotatable bonds is 6. The van der Waals surface area contributed by atoms with Crippen LogP contribution in [0.2, 0.25) is 0 Å². The number of nitrogens with zero attached hydrogens (tertiary/aromatic N) is 1. The van der Waals surface area contributed by atoms with Crippen LogP contribution in [-0.4, -0.2) is 20.4 Å². The molecule has 2 aromatic heterocycles. The first-order valence-corrected chi connectivity index (χ1v) is 8.90. The van der Waals surface area contributed by atoms with Gasteiger partial charge in [0, 0.05) is 34.7 Å². The van der Waals surface area contributed by atoms with Gasteiger partial charge in [0.15, 0.2) is 0 Å². The Hall–Kier alpha value is -1.28. The fourth-order valence-corrected chi connectivity index (χ4v) is 4.93. The largest absolute Gasteiger partial charge is 0.315 e. The molecule has 1 atom stereocenters. The molecule has 114 valence electrons. The third-order valence-electron chi connectivity index (χ3n) is 3.08. The van der Waals surface area contributed by atoms with Crippen LogP contribution in [0, 0.1) is 6.92 Å². The molecule has 0 aliphatic carbocycles. The molecule has 2 N–H and O–H groups in total. The van der Waals surface area contributed by atoms with Crippen molar-refractivity contribution in [1.82, 2.24) is 15.0 Å². The molecule has 0 spiro atoms. The van der Waals surface area contributed by atoms with Gasteiger partial charge in [-0.05, 0) is 38.6 Å². The summed E-state index contributed by atoms with van der Waals surface area (Å²) >= 11 is 1.49. The second kappa shape index (κ2) is 6.65. The first-order valence-electron chi connectivity index (χ1n) is 6.60. The Bertz CT molecular complexity index is 696. The SMILES string of the molecule is CNCc1cc(S(=O)(=O)NC(C)c2cccnc2)c(C)s1. The summed E-state index contributed by atoms with van der Waals surface area (Å²) in [6, 6.07) is 5.05. The highest BCUT2D eigenvalue weighted by Crippen LogP contribution is 2.26. The average molecular weight is 325 g/mol. The molecule has 5 nitrogen and oxygen atoms in total. The molecule has 0 aliphatic rings. The minimum absolute atomic E-state index is 0.323. The van der Waals surface area contributed by atoms with E-state index in [2.05, 4.69) is 15.0 Å². The normalized spacial score (nSPS) is 13.3. The first-order chi connectivity index (χ1) is 9.94. The number of thiophene rings is 1. The van der Waals surface area contributed by atoms with E-state index in [-0.39, 0.29) is 6.04 Å². The van der Waals surface area contributed by atoms with Crippen LogP contribution >= 0.6 is 11.3 Å². The van der Waals surface area contributed by atoms with E-state index in [4.69, 9.17) is 0 Å². The zero-order valence-electron chi connectivity index (χ0n) is 12.3. The molecule has 2 rings (SSSR count). The number of sulfonamides is 1. The van der Waals surface area contributed by atoms with E-state index in [0.29, 0.717) is 11.4 Å². The summed E-state index contributed by atoms with van der Waals surface area (Å²) < 4.78 is 27.7. The number of aryl methyl sites for hydroxylation is 1. The Balaban J connectivity index is 2.22. The molecular formula is C14H19N3O2S2. The molecule has 0 bridgehead atoms. The Labute approximate surface area is 129 Å². The minimum atomic E-state index is -3.53. The summed E-state index contributed by atoms with van der Waals surface area (Å²) in [6.07, 6.45) is 3.33. The number of nitrogens with one attached hydrogen (secondary N) is 2. The Kier molecular flexibility index (Phi) is 5.10. The highest BCUT2D eigenvalue weighted by Gasteiger charge is 2.22. The van der Waals surface area contributed by atoms with Gasteiger partial charge in [0.25, 0.3) is 0 Å². The van der Waals surface area contributed by atoms with Crippen molar-refractivity contribution in [3.8, 4) is 0 Å². The van der Waals surface area contributed by atoms with Crippen LogP contribution in [0.1, 0.15) is 28.3 Å². The quantitative estimate of drug-likeness (QED) is 0.854. The van der Waals surface area contributed by atoms with Gasteiger partial charge < -0.3 is 5.32 Å². The van der Waals surface area contributed by atoms with Gasteiger partial charge in [-0.15, -0.1) is 11.3 Å². The summed E-state index contributed by atoms with van der Waals surface area (Å²) in [5.41, 5.74) is 0.837. The van der Waals surface area contributed by atoms with E-state index < -0.39 is 10.0 Å². The molecule has 0 aliphatic heterocycles. The second-order valence-electron chi connectivity index (χ2n) is 4.79. The van der Waals surface area contributed by atoms with Gasteiger partial charge in [-0.1, -0.05) is 6.07 Å². The lowest BCUT2D eigenvalue weighted by molar-refractivity contribution is 0.566. The molecule has 2 aromatic rings. The number of aromatic nitrogens is 1. The third kappa shape index (κ3) is 3.88. The third-order valence-corrected chi connectivity index (χ3v) is 5.93. The van der Waals surface area contributed by atoms with E-state index >= 15 is 0 Å². The van der Waals surface area contributed by atoms with E-state index in [0.717, 1.165) is 15.3 Å². The zero-order chi connectivity index (χ0) is 15.5. The van der Waals surface area contributed by atoms with Crippen LogP contribution in [0.5, 0.6) is 0 Å². The lowest BCUT2D eigenvalue weighted by Crippen LogP contribution is -2.27. The maximum absolute atomic E-state index is 12.5. The Morgan fingerprint density at radius 1 is 1.43 bits per heavy atom. The van der Waals surface area contributed by atoms with Crippen molar-refractivity contribution in [1.29, 1.82) is 0 Å². The highest BCUT2D eigenvalue weighted by atomic mass is 32.2. The van der Waals surface area contributed by atoms with E-state index in [1.54, 1.807) is 24.5 Å². The predicted molar refractivity (Wildman–Crippen MR) is 84.8 cm³/mol. The Morgan fingerprint density at radius 2 is 2.19 bits per heavy atom. The van der Waals surface area contributed by atoms with Gasteiger partial charge in [-0.3, -0.25) is 4.98 Å². The molecule has 2 heterocycles. The second-order valence-corrected chi connectivity index (χ2v) is 7.82. The van der Waals surface area contributed by atoms with Gasteiger partial charge in [0.05, 0.1) is 4.90 Å². The smallest absolute Gasteiger partial charge is 0.242 e. The molecule has 0 saturated heterocycles. The van der Waals surface area contributed by atoms with Crippen LogP contribution in [0.15, 0.2) is 35.5 Å². The fourth-order valence-electron chi connectivity index (χ4n) is 2.05. The summed E-state index contributed by atoms with van der Waals surface area (Å²) in [5.74, 6) is 0. The van der Waals surface area contributed by atoms with Crippen LogP contribution in [-0.2, 0) is 16.6 Å². The standard InChI is InChI=1S/C14H19N3O2S2/c1-10(12-5-4-6-16-8-12)17-21(18,19)14-7-13(9-15-3)20-11(14)2/h4-8,10,15,17H,9H2,1-3H3. The summed E-state index contributed by atoms with van der Waals surface area (Å²) in [5, 5.41) is 3.03. The van der Waals surface area contributed by atoms with Crippen LogP contribution in [0.25, 0.3) is 0 Å². The van der Waals surface area contributed by atoms with Crippen molar-refractivity contribution in [2.24, 2.45) is 0 Å². The predicted octanol–water partition coefficient (Wildman–Crippen LogP) is 2.21. The number of pyridine rings is 1. The van der Waals surface area contributed by atoms with E-state index in [1.807, 2.05) is 27.0 Å². The van der Waals surface area contributed by atoms with Gasteiger partial charge in [0.2, 0.25) is 10.0 Å². The molecule has 21 heavy (non-hydrogen) atoms. The van der Waals surface area contributed by atoms with Crippen molar-refractivity contribution in [2.45, 2.75) is 31.3 Å². The van der Waals surface area contributed by atoms with Gasteiger partial charge in [0.1, 0.15) is 0 Å². The fraction of sp³-hybridized carbons (Fsp3) is 0.357. The summed E-state index contributed by atoms with van der Waals surface area (Å²) in [4.78, 5) is 6.17. The van der Waals surface area contributed by atoms with Gasteiger partial charge in [-0.2, -0.15) is 0 Å². The molecular weight excluding hydrogens is 306 g/mol. The minimum Gasteiger partial charge on any atom is -0.315 e. The number of hydrogen-bond donors (Lipinski definition) is 2. The van der Waals surface area contributed by atoms with Crippen molar-refractivity contribution < 1.29 is 8.42 Å². The lowest BCUT2D eigenvalue weighted by atomic mass is 10.2. The van der Waals surface area contributed by atoms with Crippen molar-refractivity contribution in [3.63, 3.8) is 0 Å².